The van der Waals surface area contributed by atoms with Crippen molar-refractivity contribution in [3.8, 4) is 0 Å². The smallest absolute Gasteiger partial charge is 0.275 e. The molecule has 1 aromatic heterocycles. The number of carbonyl (C=O) groups excluding carboxylic acids is 1. The molecule has 0 aliphatic carbocycles. The quantitative estimate of drug-likeness (QED) is 0.876. The molecule has 3 nitrogen and oxygen atoms in total. The zero-order valence-corrected chi connectivity index (χ0v) is 12.1. The molecule has 1 aromatic carbocycles. The molecule has 0 atom stereocenters. The number of nitrogens with zero attached hydrogens (tertiary/aromatic N) is 1. The van der Waals surface area contributed by atoms with E-state index < -0.39 is 0 Å². The third-order valence-electron chi connectivity index (χ3n) is 2.17. The molecule has 2 rings (SSSR count). The van der Waals surface area contributed by atoms with E-state index in [1.807, 2.05) is 0 Å². The predicted molar refractivity (Wildman–Crippen MR) is 76.4 cm³/mol. The third-order valence-corrected chi connectivity index (χ3v) is 3.44. The fourth-order valence-corrected chi connectivity index (χ4v) is 2.27. The number of pyridine rings is 1. The van der Waals surface area contributed by atoms with E-state index in [2.05, 4.69) is 26.2 Å². The molecule has 2 aromatic rings. The van der Waals surface area contributed by atoms with Crippen molar-refractivity contribution in [2.75, 3.05) is 5.32 Å². The summed E-state index contributed by atoms with van der Waals surface area (Å²) in [6.07, 6.45) is 1.54. The Labute approximate surface area is 122 Å². The molecule has 0 saturated heterocycles. The molecular weight excluding hydrogens is 339 g/mol. The Morgan fingerprint density at radius 1 is 1.17 bits per heavy atom. The van der Waals surface area contributed by atoms with Crippen LogP contribution in [0.1, 0.15) is 10.5 Å². The largest absolute Gasteiger partial charge is 0.318 e. The highest BCUT2D eigenvalue weighted by Gasteiger charge is 2.14. The van der Waals surface area contributed by atoms with E-state index in [-0.39, 0.29) is 11.6 Å². The first-order valence-corrected chi connectivity index (χ1v) is 6.50. The summed E-state index contributed by atoms with van der Waals surface area (Å²) >= 11 is 15.2. The number of para-hydroxylation sites is 1. The van der Waals surface area contributed by atoms with Gasteiger partial charge in [-0.15, -0.1) is 0 Å². The number of halogens is 3. The van der Waals surface area contributed by atoms with Crippen molar-refractivity contribution in [2.45, 2.75) is 0 Å². The van der Waals surface area contributed by atoms with E-state index >= 15 is 0 Å². The van der Waals surface area contributed by atoms with Crippen LogP contribution in [0.4, 0.5) is 5.69 Å². The number of amides is 1. The van der Waals surface area contributed by atoms with Crippen molar-refractivity contribution in [3.63, 3.8) is 0 Å². The number of rotatable bonds is 2. The number of nitrogens with one attached hydrogen (secondary N) is 1. The fraction of sp³-hybridized carbons (Fsp3) is 0. The van der Waals surface area contributed by atoms with Crippen molar-refractivity contribution in [1.82, 2.24) is 4.98 Å². The van der Waals surface area contributed by atoms with Gasteiger partial charge in [-0.05, 0) is 40.2 Å². The van der Waals surface area contributed by atoms with Crippen LogP contribution in [0.2, 0.25) is 10.0 Å². The lowest BCUT2D eigenvalue weighted by Gasteiger charge is -2.09. The Balaban J connectivity index is 2.30. The average molecular weight is 346 g/mol. The van der Waals surface area contributed by atoms with E-state index in [4.69, 9.17) is 23.2 Å². The zero-order chi connectivity index (χ0) is 13.1. The third kappa shape index (κ3) is 2.83. The first kappa shape index (κ1) is 13.3. The SMILES string of the molecule is O=C(Nc1c(Cl)cccc1Cl)c1ncccc1Br. The van der Waals surface area contributed by atoms with Crippen molar-refractivity contribution >= 4 is 50.7 Å². The lowest BCUT2D eigenvalue weighted by atomic mass is 10.3. The predicted octanol–water partition coefficient (Wildman–Crippen LogP) is 4.40. The molecule has 0 fully saturated rings. The number of hydrogen-bond donors (Lipinski definition) is 1. The van der Waals surface area contributed by atoms with Crippen molar-refractivity contribution in [1.29, 1.82) is 0 Å². The molecule has 0 spiro atoms. The fourth-order valence-electron chi connectivity index (χ4n) is 1.34. The van der Waals surface area contributed by atoms with E-state index in [1.54, 1.807) is 30.3 Å². The van der Waals surface area contributed by atoms with Crippen LogP contribution >= 0.6 is 39.1 Å². The van der Waals surface area contributed by atoms with Gasteiger partial charge in [0.25, 0.3) is 5.91 Å². The summed E-state index contributed by atoms with van der Waals surface area (Å²) in [5, 5.41) is 3.40. The Hall–Kier alpha value is -1.10. The second-order valence-corrected chi connectivity index (χ2v) is 5.05. The Bertz CT molecular complexity index is 584. The van der Waals surface area contributed by atoms with Crippen LogP contribution < -0.4 is 5.32 Å². The Morgan fingerprint density at radius 2 is 1.83 bits per heavy atom. The van der Waals surface area contributed by atoms with Gasteiger partial charge in [-0.2, -0.15) is 0 Å². The Morgan fingerprint density at radius 3 is 2.44 bits per heavy atom. The van der Waals surface area contributed by atoms with Gasteiger partial charge in [-0.3, -0.25) is 4.79 Å². The minimum absolute atomic E-state index is 0.272. The van der Waals surface area contributed by atoms with Crippen molar-refractivity contribution < 1.29 is 4.79 Å². The number of benzene rings is 1. The second kappa shape index (κ2) is 5.69. The van der Waals surface area contributed by atoms with E-state index in [0.29, 0.717) is 20.2 Å². The van der Waals surface area contributed by atoms with Gasteiger partial charge >= 0.3 is 0 Å². The van der Waals surface area contributed by atoms with Crippen LogP contribution in [0.25, 0.3) is 0 Å². The molecule has 1 N–H and O–H groups in total. The van der Waals surface area contributed by atoms with Gasteiger partial charge in [0.1, 0.15) is 5.69 Å². The molecular formula is C12H7BrCl2N2O. The summed E-state index contributed by atoms with van der Waals surface area (Å²) in [6, 6.07) is 8.46. The van der Waals surface area contributed by atoms with Crippen molar-refractivity contribution in [3.05, 3.63) is 56.7 Å². The second-order valence-electron chi connectivity index (χ2n) is 3.38. The summed E-state index contributed by atoms with van der Waals surface area (Å²) in [6.45, 7) is 0. The maximum absolute atomic E-state index is 12.0. The van der Waals surface area contributed by atoms with E-state index in [0.717, 1.165) is 0 Å². The number of anilines is 1. The maximum atomic E-state index is 12.0. The van der Waals surface area contributed by atoms with Gasteiger partial charge < -0.3 is 5.32 Å². The maximum Gasteiger partial charge on any atom is 0.275 e. The van der Waals surface area contributed by atoms with Crippen LogP contribution in [0.3, 0.4) is 0 Å². The van der Waals surface area contributed by atoms with Gasteiger partial charge in [0.2, 0.25) is 0 Å². The van der Waals surface area contributed by atoms with E-state index in [1.165, 1.54) is 6.20 Å². The molecule has 92 valence electrons. The summed E-state index contributed by atoms with van der Waals surface area (Å²) in [7, 11) is 0. The summed E-state index contributed by atoms with van der Waals surface area (Å²) < 4.78 is 0.602. The van der Waals surface area contributed by atoms with Gasteiger partial charge in [0.05, 0.1) is 15.7 Å². The first-order chi connectivity index (χ1) is 8.59. The normalized spacial score (nSPS) is 10.2. The molecule has 0 unspecified atom stereocenters. The molecule has 18 heavy (non-hydrogen) atoms. The molecule has 0 radical (unpaired) electrons. The first-order valence-electron chi connectivity index (χ1n) is 4.95. The average Bonchev–Trinajstić information content (AvgIpc) is 2.34. The van der Waals surface area contributed by atoms with Crippen LogP contribution in [0.15, 0.2) is 41.0 Å². The number of aromatic nitrogens is 1. The lowest BCUT2D eigenvalue weighted by molar-refractivity contribution is 0.102. The summed E-state index contributed by atoms with van der Waals surface area (Å²) in [5.74, 6) is -0.377. The van der Waals surface area contributed by atoms with Gasteiger partial charge in [0.15, 0.2) is 0 Å². The molecule has 0 aliphatic rings. The molecule has 0 saturated carbocycles. The molecule has 6 heteroatoms. The standard InChI is InChI=1S/C12H7BrCl2N2O/c13-7-3-2-6-16-10(7)12(18)17-11-8(14)4-1-5-9(11)15/h1-6H,(H,17,18). The lowest BCUT2D eigenvalue weighted by Crippen LogP contribution is -2.14. The highest BCUT2D eigenvalue weighted by atomic mass is 79.9. The van der Waals surface area contributed by atoms with Gasteiger partial charge in [-0.25, -0.2) is 4.98 Å². The molecule has 1 heterocycles. The van der Waals surface area contributed by atoms with Gasteiger partial charge in [0, 0.05) is 10.7 Å². The van der Waals surface area contributed by atoms with E-state index in [9.17, 15) is 4.79 Å². The van der Waals surface area contributed by atoms with Crippen LogP contribution in [-0.4, -0.2) is 10.9 Å². The molecule has 1 amide bonds. The monoisotopic (exact) mass is 344 g/mol. The summed E-state index contributed by atoms with van der Waals surface area (Å²) in [5.41, 5.74) is 0.650. The molecule has 0 aliphatic heterocycles. The minimum Gasteiger partial charge on any atom is -0.318 e. The minimum atomic E-state index is -0.377. The number of hydrogen-bond acceptors (Lipinski definition) is 2. The molecule has 0 bridgehead atoms. The van der Waals surface area contributed by atoms with Crippen LogP contribution in [0, 0.1) is 0 Å². The number of carbonyl (C=O) groups is 1. The zero-order valence-electron chi connectivity index (χ0n) is 8.95. The Kier molecular flexibility index (Phi) is 4.22. The topological polar surface area (TPSA) is 42.0 Å². The van der Waals surface area contributed by atoms with Crippen LogP contribution in [-0.2, 0) is 0 Å². The van der Waals surface area contributed by atoms with Crippen LogP contribution in [0.5, 0.6) is 0 Å². The van der Waals surface area contributed by atoms with Gasteiger partial charge in [-0.1, -0.05) is 29.3 Å². The van der Waals surface area contributed by atoms with Crippen molar-refractivity contribution in [2.24, 2.45) is 0 Å². The summed E-state index contributed by atoms with van der Waals surface area (Å²) in [4.78, 5) is 16.0. The highest BCUT2D eigenvalue weighted by Crippen LogP contribution is 2.30. The highest BCUT2D eigenvalue weighted by molar-refractivity contribution is 9.10.